The molecule has 5 nitrogen and oxygen atoms in total. The second kappa shape index (κ2) is 7.53. The van der Waals surface area contributed by atoms with E-state index in [1.54, 1.807) is 43.6 Å². The van der Waals surface area contributed by atoms with Crippen LogP contribution in [0.2, 0.25) is 5.02 Å². The van der Waals surface area contributed by atoms with Crippen LogP contribution in [-0.2, 0) is 0 Å². The topological polar surface area (TPSA) is 63.2 Å². The fourth-order valence-corrected chi connectivity index (χ4v) is 3.07. The Bertz CT molecular complexity index is 730. The number of rotatable bonds is 5. The van der Waals surface area contributed by atoms with E-state index in [4.69, 9.17) is 16.3 Å². The number of methoxy groups -OCH3 is 1. The molecule has 0 aliphatic heterocycles. The van der Waals surface area contributed by atoms with Crippen molar-refractivity contribution in [2.75, 3.05) is 12.4 Å². The number of anilines is 2. The third-order valence-electron chi connectivity index (χ3n) is 4.12. The summed E-state index contributed by atoms with van der Waals surface area (Å²) in [5.41, 5.74) is 1.88. The highest BCUT2D eigenvalue weighted by atomic mass is 35.5. The molecule has 2 aromatic rings. The van der Waals surface area contributed by atoms with Crippen molar-refractivity contribution in [3.05, 3.63) is 47.2 Å². The van der Waals surface area contributed by atoms with Crippen LogP contribution in [0.4, 0.5) is 11.4 Å². The molecule has 1 saturated carbocycles. The monoisotopic (exact) mass is 345 g/mol. The first-order valence-corrected chi connectivity index (χ1v) is 8.41. The van der Waals surface area contributed by atoms with E-state index >= 15 is 0 Å². The molecule has 3 rings (SSSR count). The van der Waals surface area contributed by atoms with Crippen molar-refractivity contribution < 1.29 is 9.53 Å². The van der Waals surface area contributed by atoms with E-state index in [1.165, 1.54) is 12.8 Å². The average Bonchev–Trinajstić information content (AvgIpc) is 3.08. The predicted octanol–water partition coefficient (Wildman–Crippen LogP) is 4.16. The Morgan fingerprint density at radius 2 is 2.04 bits per heavy atom. The minimum absolute atomic E-state index is 0.136. The van der Waals surface area contributed by atoms with Gasteiger partial charge in [0.2, 0.25) is 0 Å². The highest BCUT2D eigenvalue weighted by molar-refractivity contribution is 6.31. The standard InChI is InChI=1S/C18H20ClN3O2/c1-24-17-7-6-12(19)10-15(17)21-14-8-9-20-16(11-14)18(23)22-13-4-2-3-5-13/h6-11,13H,2-5H2,1H3,(H,20,21)(H,22,23). The first-order valence-electron chi connectivity index (χ1n) is 8.03. The molecule has 24 heavy (non-hydrogen) atoms. The summed E-state index contributed by atoms with van der Waals surface area (Å²) in [6, 6.07) is 9.12. The Morgan fingerprint density at radius 1 is 1.25 bits per heavy atom. The van der Waals surface area contributed by atoms with E-state index < -0.39 is 0 Å². The van der Waals surface area contributed by atoms with Crippen molar-refractivity contribution in [1.29, 1.82) is 0 Å². The molecule has 1 amide bonds. The number of aromatic nitrogens is 1. The zero-order valence-electron chi connectivity index (χ0n) is 13.5. The van der Waals surface area contributed by atoms with Gasteiger partial charge >= 0.3 is 0 Å². The van der Waals surface area contributed by atoms with Gasteiger partial charge in [-0.3, -0.25) is 9.78 Å². The lowest BCUT2D eigenvalue weighted by Gasteiger charge is -2.14. The van der Waals surface area contributed by atoms with Gasteiger partial charge in [0.15, 0.2) is 0 Å². The SMILES string of the molecule is COc1ccc(Cl)cc1Nc1ccnc(C(=O)NC2CCCC2)c1. The van der Waals surface area contributed by atoms with E-state index in [2.05, 4.69) is 15.6 Å². The van der Waals surface area contributed by atoms with Gasteiger partial charge in [-0.2, -0.15) is 0 Å². The van der Waals surface area contributed by atoms with Gasteiger partial charge < -0.3 is 15.4 Å². The van der Waals surface area contributed by atoms with Crippen molar-refractivity contribution in [1.82, 2.24) is 10.3 Å². The Hall–Kier alpha value is -2.27. The number of pyridine rings is 1. The van der Waals surface area contributed by atoms with Gasteiger partial charge in [0, 0.05) is 22.9 Å². The molecule has 0 unspecified atom stereocenters. The molecule has 1 aromatic heterocycles. The lowest BCUT2D eigenvalue weighted by molar-refractivity contribution is 0.0933. The number of halogens is 1. The maximum Gasteiger partial charge on any atom is 0.270 e. The van der Waals surface area contributed by atoms with Crippen molar-refractivity contribution in [3.63, 3.8) is 0 Å². The van der Waals surface area contributed by atoms with Crippen LogP contribution in [0, 0.1) is 0 Å². The summed E-state index contributed by atoms with van der Waals surface area (Å²) in [4.78, 5) is 16.5. The predicted molar refractivity (Wildman–Crippen MR) is 95.2 cm³/mol. The van der Waals surface area contributed by atoms with E-state index in [1.807, 2.05) is 0 Å². The van der Waals surface area contributed by atoms with E-state index in [-0.39, 0.29) is 11.9 Å². The quantitative estimate of drug-likeness (QED) is 0.854. The lowest BCUT2D eigenvalue weighted by atomic mass is 10.2. The van der Waals surface area contributed by atoms with Crippen molar-refractivity contribution >= 4 is 28.9 Å². The zero-order valence-corrected chi connectivity index (χ0v) is 14.3. The molecular formula is C18H20ClN3O2. The molecule has 0 radical (unpaired) electrons. The summed E-state index contributed by atoms with van der Waals surface area (Å²) in [5, 5.41) is 6.87. The number of carbonyl (C=O) groups is 1. The van der Waals surface area contributed by atoms with E-state index in [0.717, 1.165) is 24.2 Å². The Kier molecular flexibility index (Phi) is 5.20. The zero-order chi connectivity index (χ0) is 16.9. The highest BCUT2D eigenvalue weighted by Gasteiger charge is 2.18. The molecule has 1 aromatic carbocycles. The molecule has 1 aliphatic rings. The summed E-state index contributed by atoms with van der Waals surface area (Å²) in [7, 11) is 1.60. The minimum Gasteiger partial charge on any atom is -0.495 e. The van der Waals surface area contributed by atoms with Crippen LogP contribution in [0.3, 0.4) is 0 Å². The summed E-state index contributed by atoms with van der Waals surface area (Å²) < 4.78 is 5.32. The Morgan fingerprint density at radius 3 is 2.79 bits per heavy atom. The largest absolute Gasteiger partial charge is 0.495 e. The van der Waals surface area contributed by atoms with Crippen molar-refractivity contribution in [3.8, 4) is 5.75 Å². The van der Waals surface area contributed by atoms with Gasteiger partial charge in [-0.25, -0.2) is 0 Å². The van der Waals surface area contributed by atoms with Crippen LogP contribution in [0.25, 0.3) is 0 Å². The molecule has 1 aliphatic carbocycles. The van der Waals surface area contributed by atoms with Gasteiger partial charge in [0.25, 0.3) is 5.91 Å². The number of hydrogen-bond donors (Lipinski definition) is 2. The maximum atomic E-state index is 12.3. The number of nitrogens with zero attached hydrogens (tertiary/aromatic N) is 1. The second-order valence-electron chi connectivity index (χ2n) is 5.85. The smallest absolute Gasteiger partial charge is 0.270 e. The molecule has 0 saturated heterocycles. The fraction of sp³-hybridized carbons (Fsp3) is 0.333. The van der Waals surface area contributed by atoms with Crippen LogP contribution in [0.15, 0.2) is 36.5 Å². The summed E-state index contributed by atoms with van der Waals surface area (Å²) in [6.45, 7) is 0. The first-order chi connectivity index (χ1) is 11.7. The third-order valence-corrected chi connectivity index (χ3v) is 4.36. The number of amides is 1. The number of hydrogen-bond acceptors (Lipinski definition) is 4. The van der Waals surface area contributed by atoms with Crippen LogP contribution < -0.4 is 15.4 Å². The van der Waals surface area contributed by atoms with Gasteiger partial charge in [0.1, 0.15) is 11.4 Å². The van der Waals surface area contributed by atoms with Gasteiger partial charge in [-0.15, -0.1) is 0 Å². The van der Waals surface area contributed by atoms with Crippen LogP contribution in [0.1, 0.15) is 36.2 Å². The van der Waals surface area contributed by atoms with Crippen LogP contribution in [-0.4, -0.2) is 24.0 Å². The number of benzene rings is 1. The molecule has 126 valence electrons. The van der Waals surface area contributed by atoms with E-state index in [0.29, 0.717) is 16.5 Å². The molecule has 0 atom stereocenters. The van der Waals surface area contributed by atoms with Crippen LogP contribution >= 0.6 is 11.6 Å². The molecule has 0 bridgehead atoms. The van der Waals surface area contributed by atoms with Gasteiger partial charge in [0.05, 0.1) is 12.8 Å². The lowest BCUT2D eigenvalue weighted by Crippen LogP contribution is -2.33. The maximum absolute atomic E-state index is 12.3. The molecule has 1 heterocycles. The fourth-order valence-electron chi connectivity index (χ4n) is 2.90. The molecular weight excluding hydrogens is 326 g/mol. The summed E-state index contributed by atoms with van der Waals surface area (Å²) in [6.07, 6.45) is 6.05. The second-order valence-corrected chi connectivity index (χ2v) is 6.29. The Balaban J connectivity index is 1.75. The average molecular weight is 346 g/mol. The highest BCUT2D eigenvalue weighted by Crippen LogP contribution is 2.30. The van der Waals surface area contributed by atoms with Crippen LogP contribution in [0.5, 0.6) is 5.75 Å². The van der Waals surface area contributed by atoms with E-state index in [9.17, 15) is 4.79 Å². The number of carbonyl (C=O) groups excluding carboxylic acids is 1. The minimum atomic E-state index is -0.136. The number of ether oxygens (including phenoxy) is 1. The van der Waals surface area contributed by atoms with Gasteiger partial charge in [-0.05, 0) is 43.2 Å². The normalized spacial score (nSPS) is 14.4. The number of nitrogens with one attached hydrogen (secondary N) is 2. The Labute approximate surface area is 146 Å². The third kappa shape index (κ3) is 3.97. The molecule has 0 spiro atoms. The van der Waals surface area contributed by atoms with Gasteiger partial charge in [-0.1, -0.05) is 24.4 Å². The molecule has 1 fully saturated rings. The van der Waals surface area contributed by atoms with Crippen molar-refractivity contribution in [2.24, 2.45) is 0 Å². The summed E-state index contributed by atoms with van der Waals surface area (Å²) >= 11 is 6.04. The first kappa shape index (κ1) is 16.6. The molecule has 2 N–H and O–H groups in total. The molecule has 6 heteroatoms. The summed E-state index contributed by atoms with van der Waals surface area (Å²) in [5.74, 6) is 0.539. The van der Waals surface area contributed by atoms with Crippen molar-refractivity contribution in [2.45, 2.75) is 31.7 Å².